The first-order valence-electron chi connectivity index (χ1n) is 7.82. The lowest BCUT2D eigenvalue weighted by Crippen LogP contribution is -1.97. The van der Waals surface area contributed by atoms with E-state index in [-0.39, 0.29) is 11.7 Å². The number of ether oxygens (including phenoxy) is 1. The molecule has 2 rings (SSSR count). The maximum atomic E-state index is 14.2. The number of hydrogen-bond acceptors (Lipinski definition) is 3. The standard InChI is InChI=1S/C16H17FOS.C3H9N/c1-10(2)13-9-11(19)7-8-12(13)16-14(17)5-4-6-15(16)18-3;1-2-3-4/h4-10,19H,1-3H3;2-4H2,1H3. The maximum Gasteiger partial charge on any atom is 0.134 e. The molecule has 0 atom stereocenters. The molecule has 0 amide bonds. The minimum atomic E-state index is -0.270. The van der Waals surface area contributed by atoms with E-state index < -0.39 is 0 Å². The lowest BCUT2D eigenvalue weighted by atomic mass is 9.92. The van der Waals surface area contributed by atoms with Crippen molar-refractivity contribution in [3.63, 3.8) is 0 Å². The van der Waals surface area contributed by atoms with E-state index >= 15 is 0 Å². The summed E-state index contributed by atoms with van der Waals surface area (Å²) in [7, 11) is 1.56. The van der Waals surface area contributed by atoms with Crippen LogP contribution >= 0.6 is 12.6 Å². The Balaban J connectivity index is 0.000000593. The molecule has 0 radical (unpaired) electrons. The summed E-state index contributed by atoms with van der Waals surface area (Å²) in [6, 6.07) is 10.6. The lowest BCUT2D eigenvalue weighted by molar-refractivity contribution is 0.413. The Bertz CT molecular complexity index is 627. The normalized spacial score (nSPS) is 10.3. The number of nitrogens with two attached hydrogens (primary N) is 1. The number of thiol groups is 1. The van der Waals surface area contributed by atoms with Crippen molar-refractivity contribution < 1.29 is 9.13 Å². The monoisotopic (exact) mass is 335 g/mol. The number of benzene rings is 2. The van der Waals surface area contributed by atoms with Crippen molar-refractivity contribution in [2.45, 2.75) is 38.0 Å². The molecule has 2 N–H and O–H groups in total. The third-order valence-electron chi connectivity index (χ3n) is 3.41. The van der Waals surface area contributed by atoms with Crippen LogP contribution in [0.3, 0.4) is 0 Å². The van der Waals surface area contributed by atoms with Gasteiger partial charge in [0.2, 0.25) is 0 Å². The molecule has 0 spiro atoms. The zero-order valence-electron chi connectivity index (χ0n) is 14.3. The Morgan fingerprint density at radius 3 is 2.39 bits per heavy atom. The highest BCUT2D eigenvalue weighted by Gasteiger charge is 2.16. The van der Waals surface area contributed by atoms with Gasteiger partial charge in [-0.15, -0.1) is 12.6 Å². The van der Waals surface area contributed by atoms with Crippen LogP contribution in [0.25, 0.3) is 11.1 Å². The highest BCUT2D eigenvalue weighted by atomic mass is 32.1. The van der Waals surface area contributed by atoms with Crippen LogP contribution in [0.15, 0.2) is 41.3 Å². The Morgan fingerprint density at radius 1 is 1.22 bits per heavy atom. The van der Waals surface area contributed by atoms with Crippen LogP contribution in [0.2, 0.25) is 0 Å². The van der Waals surface area contributed by atoms with Crippen molar-refractivity contribution in [3.8, 4) is 16.9 Å². The summed E-state index contributed by atoms with van der Waals surface area (Å²) >= 11 is 4.36. The van der Waals surface area contributed by atoms with Crippen LogP contribution in [0.5, 0.6) is 5.75 Å². The molecule has 126 valence electrons. The Labute approximate surface area is 144 Å². The fraction of sp³-hybridized carbons (Fsp3) is 0.368. The second-order valence-corrected chi connectivity index (χ2v) is 6.05. The molecule has 4 heteroatoms. The molecule has 0 bridgehead atoms. The molecule has 2 aromatic carbocycles. The van der Waals surface area contributed by atoms with E-state index in [0.717, 1.165) is 29.0 Å². The van der Waals surface area contributed by atoms with Crippen molar-refractivity contribution in [1.29, 1.82) is 0 Å². The van der Waals surface area contributed by atoms with Gasteiger partial charge in [-0.2, -0.15) is 0 Å². The van der Waals surface area contributed by atoms with E-state index in [0.29, 0.717) is 11.3 Å². The van der Waals surface area contributed by atoms with Crippen molar-refractivity contribution >= 4 is 12.6 Å². The molecule has 0 saturated heterocycles. The maximum absolute atomic E-state index is 14.2. The van der Waals surface area contributed by atoms with Gasteiger partial charge in [0.25, 0.3) is 0 Å². The van der Waals surface area contributed by atoms with E-state index in [1.165, 1.54) is 6.07 Å². The zero-order valence-corrected chi connectivity index (χ0v) is 15.2. The van der Waals surface area contributed by atoms with Gasteiger partial charge in [-0.3, -0.25) is 0 Å². The molecular formula is C19H26FNOS. The van der Waals surface area contributed by atoms with Crippen LogP contribution in [-0.2, 0) is 0 Å². The summed E-state index contributed by atoms with van der Waals surface area (Å²) in [5.41, 5.74) is 7.47. The highest BCUT2D eigenvalue weighted by molar-refractivity contribution is 7.80. The quantitative estimate of drug-likeness (QED) is 0.747. The van der Waals surface area contributed by atoms with Crippen LogP contribution < -0.4 is 10.5 Å². The summed E-state index contributed by atoms with van der Waals surface area (Å²) in [5.74, 6) is 0.563. The highest BCUT2D eigenvalue weighted by Crippen LogP contribution is 2.38. The molecule has 0 aromatic heterocycles. The number of rotatable bonds is 4. The third kappa shape index (κ3) is 5.26. The summed E-state index contributed by atoms with van der Waals surface area (Å²) in [5, 5.41) is 0. The summed E-state index contributed by atoms with van der Waals surface area (Å²) in [4.78, 5) is 0.878. The van der Waals surface area contributed by atoms with Crippen molar-refractivity contribution in [2.75, 3.05) is 13.7 Å². The molecule has 23 heavy (non-hydrogen) atoms. The largest absolute Gasteiger partial charge is 0.496 e. The van der Waals surface area contributed by atoms with Gasteiger partial charge in [0.1, 0.15) is 11.6 Å². The van der Waals surface area contributed by atoms with Gasteiger partial charge < -0.3 is 10.5 Å². The van der Waals surface area contributed by atoms with Gasteiger partial charge in [0, 0.05) is 4.90 Å². The molecule has 0 saturated carbocycles. The average molecular weight is 335 g/mol. The molecular weight excluding hydrogens is 309 g/mol. The number of methoxy groups -OCH3 is 1. The van der Waals surface area contributed by atoms with Gasteiger partial charge in [-0.05, 0) is 54.3 Å². The van der Waals surface area contributed by atoms with Crippen LogP contribution in [0, 0.1) is 5.82 Å². The van der Waals surface area contributed by atoms with Crippen LogP contribution in [0.1, 0.15) is 38.7 Å². The summed E-state index contributed by atoms with van der Waals surface area (Å²) < 4.78 is 19.5. The van der Waals surface area contributed by atoms with Crippen LogP contribution in [-0.4, -0.2) is 13.7 Å². The SMILES string of the molecule is CCCN.COc1cccc(F)c1-c1ccc(S)cc1C(C)C. The molecule has 0 heterocycles. The third-order valence-corrected chi connectivity index (χ3v) is 3.69. The summed E-state index contributed by atoms with van der Waals surface area (Å²) in [6.07, 6.45) is 1.10. The Hall–Kier alpha value is -1.52. The van der Waals surface area contributed by atoms with E-state index in [2.05, 4.69) is 33.4 Å². The summed E-state index contributed by atoms with van der Waals surface area (Å²) in [6.45, 7) is 7.04. The zero-order chi connectivity index (χ0) is 17.4. The Morgan fingerprint density at radius 2 is 1.87 bits per heavy atom. The van der Waals surface area contributed by atoms with Crippen molar-refractivity contribution in [2.24, 2.45) is 5.73 Å². The smallest absolute Gasteiger partial charge is 0.134 e. The fourth-order valence-electron chi connectivity index (χ4n) is 2.19. The molecule has 0 unspecified atom stereocenters. The Kier molecular flexibility index (Phi) is 8.13. The first-order valence-corrected chi connectivity index (χ1v) is 8.26. The van der Waals surface area contributed by atoms with E-state index in [4.69, 9.17) is 10.5 Å². The van der Waals surface area contributed by atoms with Gasteiger partial charge in [0.15, 0.2) is 0 Å². The van der Waals surface area contributed by atoms with Crippen molar-refractivity contribution in [1.82, 2.24) is 0 Å². The van der Waals surface area contributed by atoms with E-state index in [1.54, 1.807) is 19.2 Å². The first kappa shape index (κ1) is 19.5. The van der Waals surface area contributed by atoms with Crippen LogP contribution in [0.4, 0.5) is 4.39 Å². The molecule has 2 aromatic rings. The van der Waals surface area contributed by atoms with Gasteiger partial charge >= 0.3 is 0 Å². The second kappa shape index (κ2) is 9.58. The molecule has 0 aliphatic heterocycles. The second-order valence-electron chi connectivity index (χ2n) is 5.53. The van der Waals surface area contributed by atoms with E-state index in [9.17, 15) is 4.39 Å². The van der Waals surface area contributed by atoms with Crippen molar-refractivity contribution in [3.05, 3.63) is 47.8 Å². The molecule has 2 nitrogen and oxygen atoms in total. The minimum Gasteiger partial charge on any atom is -0.496 e. The van der Waals surface area contributed by atoms with Gasteiger partial charge in [-0.25, -0.2) is 4.39 Å². The molecule has 0 aliphatic rings. The predicted octanol–water partition coefficient (Wildman–Crippen LogP) is 5.27. The van der Waals surface area contributed by atoms with Gasteiger partial charge in [0.05, 0.1) is 12.7 Å². The number of halogens is 1. The average Bonchev–Trinajstić information content (AvgIpc) is 2.55. The lowest BCUT2D eigenvalue weighted by Gasteiger charge is -2.16. The fourth-order valence-corrected chi connectivity index (χ4v) is 2.40. The topological polar surface area (TPSA) is 35.2 Å². The van der Waals surface area contributed by atoms with Gasteiger partial charge in [-0.1, -0.05) is 32.9 Å². The molecule has 0 aliphatic carbocycles. The molecule has 0 fully saturated rings. The predicted molar refractivity (Wildman–Crippen MR) is 99.1 cm³/mol. The minimum absolute atomic E-state index is 0.270. The first-order chi connectivity index (χ1) is 11.0. The van der Waals surface area contributed by atoms with E-state index in [1.807, 2.05) is 18.2 Å². The number of hydrogen-bond donors (Lipinski definition) is 2.